The van der Waals surface area contributed by atoms with Crippen LogP contribution in [0.5, 0.6) is 0 Å². The van der Waals surface area contributed by atoms with E-state index in [4.69, 9.17) is 0 Å². The molecule has 1 heterocycles. The second-order valence-electron chi connectivity index (χ2n) is 6.28. The third kappa shape index (κ3) is 3.75. The van der Waals surface area contributed by atoms with Crippen molar-refractivity contribution in [1.82, 2.24) is 4.72 Å². The summed E-state index contributed by atoms with van der Waals surface area (Å²) in [5.74, 6) is 0.0727. The number of carbonyl (C=O) groups excluding carboxylic acids is 1. The molecule has 6 heteroatoms. The molecule has 0 saturated carbocycles. The Hall–Kier alpha value is -2.18. The van der Waals surface area contributed by atoms with Crippen molar-refractivity contribution in [3.05, 3.63) is 59.2 Å². The molecule has 1 aliphatic rings. The summed E-state index contributed by atoms with van der Waals surface area (Å²) in [4.78, 5) is 14.6. The molecule has 1 amide bonds. The Kier molecular flexibility index (Phi) is 4.92. The van der Waals surface area contributed by atoms with Gasteiger partial charge in [0.1, 0.15) is 0 Å². The first-order valence-corrected chi connectivity index (χ1v) is 9.81. The molecular weight excluding hydrogens is 336 g/mol. The fourth-order valence-corrected chi connectivity index (χ4v) is 3.84. The van der Waals surface area contributed by atoms with Crippen LogP contribution in [-0.2, 0) is 27.7 Å². The van der Waals surface area contributed by atoms with Gasteiger partial charge in [0.05, 0.1) is 4.90 Å². The highest BCUT2D eigenvalue weighted by Gasteiger charge is 2.26. The molecule has 0 saturated heterocycles. The van der Waals surface area contributed by atoms with Crippen LogP contribution in [0.2, 0.25) is 0 Å². The minimum absolute atomic E-state index is 0.0727. The molecule has 0 fully saturated rings. The number of hydrogen-bond donors (Lipinski definition) is 1. The zero-order valence-electron chi connectivity index (χ0n) is 14.5. The van der Waals surface area contributed by atoms with Crippen LogP contribution in [-0.4, -0.2) is 27.9 Å². The number of rotatable bonds is 5. The van der Waals surface area contributed by atoms with E-state index >= 15 is 0 Å². The van der Waals surface area contributed by atoms with Gasteiger partial charge in [0.2, 0.25) is 15.9 Å². The summed E-state index contributed by atoms with van der Waals surface area (Å²) in [6, 6.07) is 13.1. The number of sulfonamides is 1. The Balaban J connectivity index is 1.71. The molecule has 0 aromatic heterocycles. The molecule has 2 aromatic rings. The van der Waals surface area contributed by atoms with Gasteiger partial charge in [0, 0.05) is 18.7 Å². The molecule has 0 radical (unpaired) electrons. The van der Waals surface area contributed by atoms with Gasteiger partial charge in [-0.05, 0) is 56.1 Å². The number of nitrogens with one attached hydrogen (secondary N) is 1. The molecule has 132 valence electrons. The van der Waals surface area contributed by atoms with Crippen molar-refractivity contribution >= 4 is 21.6 Å². The smallest absolute Gasteiger partial charge is 0.240 e. The fourth-order valence-electron chi connectivity index (χ4n) is 3.06. The number of aryl methyl sites for hydroxylation is 2. The van der Waals surface area contributed by atoms with Crippen LogP contribution in [0.3, 0.4) is 0 Å². The average molecular weight is 358 g/mol. The zero-order chi connectivity index (χ0) is 18.0. The van der Waals surface area contributed by atoms with Crippen molar-refractivity contribution in [3.63, 3.8) is 0 Å². The van der Waals surface area contributed by atoms with Gasteiger partial charge in [0.25, 0.3) is 0 Å². The van der Waals surface area contributed by atoms with Gasteiger partial charge in [-0.1, -0.05) is 29.8 Å². The lowest BCUT2D eigenvalue weighted by molar-refractivity contribution is -0.118. The van der Waals surface area contributed by atoms with Crippen LogP contribution in [0.25, 0.3) is 0 Å². The van der Waals surface area contributed by atoms with E-state index in [9.17, 15) is 13.2 Å². The van der Waals surface area contributed by atoms with Crippen molar-refractivity contribution in [2.75, 3.05) is 18.5 Å². The van der Waals surface area contributed by atoms with Gasteiger partial charge in [-0.2, -0.15) is 0 Å². The highest BCUT2D eigenvalue weighted by Crippen LogP contribution is 2.30. The van der Waals surface area contributed by atoms with Gasteiger partial charge < -0.3 is 4.90 Å². The normalized spacial score (nSPS) is 13.8. The van der Waals surface area contributed by atoms with Gasteiger partial charge in [0.15, 0.2) is 0 Å². The quantitative estimate of drug-likeness (QED) is 0.893. The van der Waals surface area contributed by atoms with Crippen LogP contribution >= 0.6 is 0 Å². The summed E-state index contributed by atoms with van der Waals surface area (Å²) in [5, 5.41) is 0. The van der Waals surface area contributed by atoms with Gasteiger partial charge in [-0.3, -0.25) is 4.79 Å². The fraction of sp³-hybridized carbons (Fsp3) is 0.316. The van der Waals surface area contributed by atoms with Gasteiger partial charge in [-0.15, -0.1) is 0 Å². The van der Waals surface area contributed by atoms with Crippen LogP contribution in [0.4, 0.5) is 5.69 Å². The summed E-state index contributed by atoms with van der Waals surface area (Å²) < 4.78 is 26.1. The number of amides is 1. The van der Waals surface area contributed by atoms with E-state index in [0.29, 0.717) is 25.8 Å². The Morgan fingerprint density at radius 1 is 1.16 bits per heavy atom. The topological polar surface area (TPSA) is 66.5 Å². The molecule has 1 N–H and O–H groups in total. The lowest BCUT2D eigenvalue weighted by Crippen LogP contribution is -2.29. The summed E-state index contributed by atoms with van der Waals surface area (Å²) in [6.07, 6.45) is 1.83. The van der Waals surface area contributed by atoms with Crippen molar-refractivity contribution in [2.24, 2.45) is 0 Å². The lowest BCUT2D eigenvalue weighted by atomic mass is 10.1. The minimum Gasteiger partial charge on any atom is -0.312 e. The number of hydrogen-bond acceptors (Lipinski definition) is 3. The Morgan fingerprint density at radius 2 is 1.88 bits per heavy atom. The Morgan fingerprint density at radius 3 is 2.56 bits per heavy atom. The third-order valence-electron chi connectivity index (χ3n) is 4.57. The van der Waals surface area contributed by atoms with Crippen molar-refractivity contribution < 1.29 is 13.2 Å². The number of nitrogens with zero attached hydrogens (tertiary/aromatic N) is 1. The molecule has 0 aliphatic carbocycles. The molecule has 5 nitrogen and oxygen atoms in total. The average Bonchev–Trinajstić information content (AvgIpc) is 3.04. The van der Waals surface area contributed by atoms with E-state index in [1.165, 1.54) is 12.6 Å². The van der Waals surface area contributed by atoms with E-state index in [0.717, 1.165) is 16.8 Å². The molecule has 0 atom stereocenters. The van der Waals surface area contributed by atoms with E-state index in [2.05, 4.69) is 29.0 Å². The molecule has 25 heavy (non-hydrogen) atoms. The lowest BCUT2D eigenvalue weighted by Gasteiger charge is -2.17. The maximum atomic E-state index is 12.6. The monoisotopic (exact) mass is 358 g/mol. The first kappa shape index (κ1) is 17.6. The van der Waals surface area contributed by atoms with Gasteiger partial charge >= 0.3 is 0 Å². The van der Waals surface area contributed by atoms with Crippen molar-refractivity contribution in [1.29, 1.82) is 0 Å². The summed E-state index contributed by atoms with van der Waals surface area (Å²) in [6.45, 7) is 2.64. The van der Waals surface area contributed by atoms with Crippen molar-refractivity contribution in [3.8, 4) is 0 Å². The molecule has 3 rings (SSSR count). The molecule has 0 spiro atoms. The maximum Gasteiger partial charge on any atom is 0.240 e. The number of fused-ring (bicyclic) bond motifs is 1. The largest absolute Gasteiger partial charge is 0.312 e. The van der Waals surface area contributed by atoms with Crippen LogP contribution in [0.15, 0.2) is 47.4 Å². The number of carbonyl (C=O) groups is 1. The standard InChI is InChI=1S/C19H22N2O3S/c1-14-3-5-15(6-4-14)7-10-19(22)21-12-11-16-13-17(8-9-18(16)21)25(23,24)20-2/h3-6,8-9,13,20H,7,10-12H2,1-2H3. The number of anilines is 1. The van der Waals surface area contributed by atoms with E-state index in [1.54, 1.807) is 23.1 Å². The van der Waals surface area contributed by atoms with Gasteiger partial charge in [-0.25, -0.2) is 13.1 Å². The maximum absolute atomic E-state index is 12.6. The summed E-state index contributed by atoms with van der Waals surface area (Å²) in [5.41, 5.74) is 4.08. The molecule has 0 unspecified atom stereocenters. The highest BCUT2D eigenvalue weighted by molar-refractivity contribution is 7.89. The van der Waals surface area contributed by atoms with E-state index in [-0.39, 0.29) is 10.8 Å². The van der Waals surface area contributed by atoms with Crippen molar-refractivity contribution in [2.45, 2.75) is 31.1 Å². The second-order valence-corrected chi connectivity index (χ2v) is 8.17. The third-order valence-corrected chi connectivity index (χ3v) is 5.99. The van der Waals surface area contributed by atoms with Crippen LogP contribution in [0.1, 0.15) is 23.1 Å². The molecular formula is C19H22N2O3S. The predicted molar refractivity (Wildman–Crippen MR) is 98.2 cm³/mol. The minimum atomic E-state index is -3.46. The predicted octanol–water partition coefficient (Wildman–Crippen LogP) is 2.43. The summed E-state index contributed by atoms with van der Waals surface area (Å²) in [7, 11) is -2.07. The Labute approximate surface area is 148 Å². The van der Waals surface area contributed by atoms with E-state index in [1.807, 2.05) is 6.92 Å². The SMILES string of the molecule is CNS(=O)(=O)c1ccc2c(c1)CCN2C(=O)CCc1ccc(C)cc1. The number of benzene rings is 2. The second kappa shape index (κ2) is 6.98. The summed E-state index contributed by atoms with van der Waals surface area (Å²) >= 11 is 0. The Bertz CT molecular complexity index is 889. The molecule has 1 aliphatic heterocycles. The first-order valence-electron chi connectivity index (χ1n) is 8.33. The highest BCUT2D eigenvalue weighted by atomic mass is 32.2. The van der Waals surface area contributed by atoms with Crippen LogP contribution < -0.4 is 9.62 Å². The molecule has 0 bridgehead atoms. The van der Waals surface area contributed by atoms with E-state index < -0.39 is 10.0 Å². The first-order chi connectivity index (χ1) is 11.9. The molecule has 2 aromatic carbocycles. The zero-order valence-corrected chi connectivity index (χ0v) is 15.3. The van der Waals surface area contributed by atoms with Crippen LogP contribution in [0, 0.1) is 6.92 Å².